The molecule has 2 rings (SSSR count). The van der Waals surface area contributed by atoms with Crippen molar-refractivity contribution in [2.45, 2.75) is 85.4 Å². The van der Waals surface area contributed by atoms with E-state index >= 15 is 0 Å². The van der Waals surface area contributed by atoms with Gasteiger partial charge in [0.15, 0.2) is 0 Å². The van der Waals surface area contributed by atoms with E-state index in [0.717, 1.165) is 0 Å². The summed E-state index contributed by atoms with van der Waals surface area (Å²) < 4.78 is 0. The molecule has 0 saturated heterocycles. The van der Waals surface area contributed by atoms with Crippen LogP contribution >= 0.6 is 0 Å². The molecule has 5 heteroatoms. The Morgan fingerprint density at radius 1 is 0.821 bits per heavy atom. The molecular formula is C23H35Cl3SiTi. The summed E-state index contributed by atoms with van der Waals surface area (Å²) >= 11 is 0. The molecule has 1 aromatic carbocycles. The van der Waals surface area contributed by atoms with Crippen LogP contribution in [0.1, 0.15) is 65.5 Å². The molecule has 28 heavy (non-hydrogen) atoms. The van der Waals surface area contributed by atoms with Crippen LogP contribution < -0.4 is 42.4 Å². The van der Waals surface area contributed by atoms with E-state index < -0.39 is 8.07 Å². The molecule has 1 aromatic rings. The average Bonchev–Trinajstić information content (AvgIpc) is 2.70. The van der Waals surface area contributed by atoms with Crippen molar-refractivity contribution in [2.75, 3.05) is 0 Å². The van der Waals surface area contributed by atoms with E-state index in [4.69, 9.17) is 0 Å². The second-order valence-corrected chi connectivity index (χ2v) is 12.8. The molecule has 0 amide bonds. The molecular weight excluding hydrogens is 459 g/mol. The third-order valence-electron chi connectivity index (χ3n) is 6.40. The van der Waals surface area contributed by atoms with Gasteiger partial charge < -0.3 is 37.2 Å². The van der Waals surface area contributed by atoms with Gasteiger partial charge in [-0.15, -0.1) is 6.92 Å². The van der Waals surface area contributed by atoms with Crippen LogP contribution in [0, 0.1) is 19.9 Å². The minimum atomic E-state index is -1.76. The summed E-state index contributed by atoms with van der Waals surface area (Å²) in [6.07, 6.45) is 6.51. The summed E-state index contributed by atoms with van der Waals surface area (Å²) in [4.78, 5) is 0. The van der Waals surface area contributed by atoms with Gasteiger partial charge in [-0.05, 0) is 13.8 Å². The fourth-order valence-electron chi connectivity index (χ4n) is 5.00. The first kappa shape index (κ1) is 33.1. The van der Waals surface area contributed by atoms with Crippen LogP contribution in [-0.4, -0.2) is 8.07 Å². The Labute approximate surface area is 208 Å². The molecule has 0 radical (unpaired) electrons. The minimum absolute atomic E-state index is 0. The first-order chi connectivity index (χ1) is 11.2. The van der Waals surface area contributed by atoms with Crippen molar-refractivity contribution in [1.29, 1.82) is 0 Å². The molecule has 1 aliphatic rings. The Balaban J connectivity index is -0.00000156. The van der Waals surface area contributed by atoms with Crippen molar-refractivity contribution in [1.82, 2.24) is 0 Å². The van der Waals surface area contributed by atoms with Crippen LogP contribution in [0.25, 0.3) is 0 Å². The van der Waals surface area contributed by atoms with E-state index in [2.05, 4.69) is 79.7 Å². The largest absolute Gasteiger partial charge is 4.00 e. The van der Waals surface area contributed by atoms with E-state index in [0.29, 0.717) is 0 Å². The van der Waals surface area contributed by atoms with Crippen LogP contribution in [0.15, 0.2) is 34.9 Å². The smallest absolute Gasteiger partial charge is 1.00 e. The molecule has 1 aliphatic carbocycles. The number of hydrogen-bond acceptors (Lipinski definition) is 0. The quantitative estimate of drug-likeness (QED) is 0.308. The zero-order valence-electron chi connectivity index (χ0n) is 18.7. The Morgan fingerprint density at radius 3 is 1.57 bits per heavy atom. The SMILES string of the molecule is CCC[Si](CCC)(c1cc(C)cc(C)c1)C1(C)[C-]=C(C)C(C)=C1C.[Cl-].[Cl-].[Cl-].[Ti+4]. The maximum atomic E-state index is 3.98. The molecule has 0 nitrogen and oxygen atoms in total. The van der Waals surface area contributed by atoms with E-state index in [9.17, 15) is 0 Å². The maximum absolute atomic E-state index is 3.98. The first-order valence-corrected chi connectivity index (χ1v) is 12.0. The third-order valence-corrected chi connectivity index (χ3v) is 12.9. The van der Waals surface area contributed by atoms with Gasteiger partial charge in [0.2, 0.25) is 0 Å². The van der Waals surface area contributed by atoms with Crippen molar-refractivity contribution in [3.8, 4) is 0 Å². The Morgan fingerprint density at radius 2 is 1.25 bits per heavy atom. The Bertz CT molecular complexity index is 671. The van der Waals surface area contributed by atoms with E-state index in [1.54, 1.807) is 10.8 Å². The molecule has 156 valence electrons. The first-order valence-electron chi connectivity index (χ1n) is 9.60. The van der Waals surface area contributed by atoms with Crippen LogP contribution in [-0.2, 0) is 21.7 Å². The zero-order valence-corrected chi connectivity index (χ0v) is 23.5. The van der Waals surface area contributed by atoms with Crippen LogP contribution in [0.2, 0.25) is 17.1 Å². The van der Waals surface area contributed by atoms with Crippen molar-refractivity contribution >= 4 is 13.3 Å². The number of allylic oxidation sites excluding steroid dienone is 4. The number of aryl methyl sites for hydroxylation is 2. The van der Waals surface area contributed by atoms with E-state index in [-0.39, 0.29) is 64.0 Å². The minimum Gasteiger partial charge on any atom is -1.00 e. The predicted molar refractivity (Wildman–Crippen MR) is 111 cm³/mol. The maximum Gasteiger partial charge on any atom is 4.00 e. The van der Waals surface area contributed by atoms with Crippen molar-refractivity contribution in [2.24, 2.45) is 0 Å². The predicted octanol–water partition coefficient (Wildman–Crippen LogP) is -2.35. The standard InChI is InChI=1S/C23H35Si.3ClH.Ti/c1-9-11-24(12-10-2,22-14-17(3)13-18(4)15-22)23(8)16-19(5)20(6)21(23)7;;;;/h13-15H,9-12H2,1-8H3;3*1H;/q-1;;;;+4/p-3. The summed E-state index contributed by atoms with van der Waals surface area (Å²) in [6.45, 7) is 18.6. The molecule has 0 saturated carbocycles. The summed E-state index contributed by atoms with van der Waals surface area (Å²) in [5, 5.41) is 1.79. The normalized spacial score (nSPS) is 18.4. The molecule has 1 atom stereocenters. The molecule has 0 fully saturated rings. The Kier molecular flexibility index (Phi) is 15.4. The van der Waals surface area contributed by atoms with E-state index in [1.165, 1.54) is 47.2 Å². The molecule has 0 aliphatic heterocycles. The topological polar surface area (TPSA) is 0 Å². The van der Waals surface area contributed by atoms with Crippen LogP contribution in [0.4, 0.5) is 0 Å². The average molecular weight is 494 g/mol. The fourth-order valence-corrected chi connectivity index (χ4v) is 11.5. The van der Waals surface area contributed by atoms with Gasteiger partial charge in [0, 0.05) is 0 Å². The number of benzene rings is 1. The van der Waals surface area contributed by atoms with Gasteiger partial charge in [-0.25, -0.2) is 5.57 Å². The van der Waals surface area contributed by atoms with Crippen molar-refractivity contribution < 1.29 is 58.9 Å². The molecule has 0 spiro atoms. The summed E-state index contributed by atoms with van der Waals surface area (Å²) in [6, 6.07) is 10.0. The van der Waals surface area contributed by atoms with Gasteiger partial charge in [0.05, 0.1) is 8.07 Å². The van der Waals surface area contributed by atoms with Gasteiger partial charge >= 0.3 is 21.7 Å². The monoisotopic (exact) mass is 492 g/mol. The van der Waals surface area contributed by atoms with Crippen LogP contribution in [0.5, 0.6) is 0 Å². The Hall–Kier alpha value is 0.501. The summed E-state index contributed by atoms with van der Waals surface area (Å²) in [5.74, 6) is 0. The molecule has 0 aromatic heterocycles. The van der Waals surface area contributed by atoms with Gasteiger partial charge in [-0.3, -0.25) is 6.08 Å². The zero-order chi connectivity index (χ0) is 18.1. The van der Waals surface area contributed by atoms with Crippen LogP contribution in [0.3, 0.4) is 0 Å². The third kappa shape index (κ3) is 5.80. The molecule has 1 unspecified atom stereocenters. The van der Waals surface area contributed by atoms with Gasteiger partial charge in [-0.1, -0.05) is 99.1 Å². The number of halogens is 3. The number of rotatable bonds is 6. The van der Waals surface area contributed by atoms with E-state index in [1.807, 2.05) is 0 Å². The van der Waals surface area contributed by atoms with Gasteiger partial charge in [0.1, 0.15) is 0 Å². The van der Waals surface area contributed by atoms with Crippen molar-refractivity contribution in [3.05, 3.63) is 52.1 Å². The van der Waals surface area contributed by atoms with Crippen molar-refractivity contribution in [3.63, 3.8) is 0 Å². The second kappa shape index (κ2) is 13.0. The molecule has 0 heterocycles. The number of hydrogen-bond donors (Lipinski definition) is 0. The van der Waals surface area contributed by atoms with Gasteiger partial charge in [-0.2, -0.15) is 11.1 Å². The summed E-state index contributed by atoms with van der Waals surface area (Å²) in [5.41, 5.74) is 7.26. The summed E-state index contributed by atoms with van der Waals surface area (Å²) in [7, 11) is -1.76. The second-order valence-electron chi connectivity index (χ2n) is 8.08. The van der Waals surface area contributed by atoms with Gasteiger partial charge in [0.25, 0.3) is 0 Å². The molecule has 0 N–H and O–H groups in total. The molecule has 0 bridgehead atoms. The fraction of sp³-hybridized carbons (Fsp3) is 0.565.